The zero-order valence-electron chi connectivity index (χ0n) is 9.78. The Bertz CT molecular complexity index is 408. The minimum absolute atomic E-state index is 0.0169. The van der Waals surface area contributed by atoms with Gasteiger partial charge in [0.05, 0.1) is 18.6 Å². The van der Waals surface area contributed by atoms with Crippen molar-refractivity contribution in [3.63, 3.8) is 0 Å². The van der Waals surface area contributed by atoms with Crippen LogP contribution in [0.15, 0.2) is 24.3 Å². The summed E-state index contributed by atoms with van der Waals surface area (Å²) in [6, 6.07) is 7.34. The molecule has 0 aromatic heterocycles. The molecule has 0 radical (unpaired) electrons. The second kappa shape index (κ2) is 4.75. The van der Waals surface area contributed by atoms with Crippen LogP contribution in [-0.4, -0.2) is 23.2 Å². The number of anilines is 1. The first-order chi connectivity index (χ1) is 8.15. The minimum Gasteiger partial charge on any atom is -0.398 e. The van der Waals surface area contributed by atoms with Crippen LogP contribution < -0.4 is 11.1 Å². The maximum Gasteiger partial charge on any atom is 0.225 e. The first-order valence-corrected chi connectivity index (χ1v) is 5.90. The van der Waals surface area contributed by atoms with E-state index < -0.39 is 0 Å². The first-order valence-electron chi connectivity index (χ1n) is 5.90. The van der Waals surface area contributed by atoms with Crippen LogP contribution in [0.1, 0.15) is 24.8 Å². The summed E-state index contributed by atoms with van der Waals surface area (Å²) in [6.07, 6.45) is 3.06. The van der Waals surface area contributed by atoms with Crippen molar-refractivity contribution in [1.29, 1.82) is 0 Å². The monoisotopic (exact) mass is 234 g/mol. The lowest BCUT2D eigenvalue weighted by Crippen LogP contribution is -2.56. The van der Waals surface area contributed by atoms with Gasteiger partial charge in [0.1, 0.15) is 0 Å². The number of aliphatic hydroxyl groups is 1. The summed E-state index contributed by atoms with van der Waals surface area (Å²) in [4.78, 5) is 11.9. The van der Waals surface area contributed by atoms with Crippen molar-refractivity contribution in [1.82, 2.24) is 5.32 Å². The molecule has 0 saturated heterocycles. The van der Waals surface area contributed by atoms with E-state index in [1.807, 2.05) is 18.2 Å². The van der Waals surface area contributed by atoms with Crippen LogP contribution in [0.2, 0.25) is 0 Å². The number of hydrogen-bond acceptors (Lipinski definition) is 3. The molecule has 0 unspecified atom stereocenters. The zero-order valence-corrected chi connectivity index (χ0v) is 9.78. The predicted molar refractivity (Wildman–Crippen MR) is 66.4 cm³/mol. The van der Waals surface area contributed by atoms with Crippen LogP contribution >= 0.6 is 0 Å². The lowest BCUT2D eigenvalue weighted by molar-refractivity contribution is -0.124. The zero-order chi connectivity index (χ0) is 12.3. The van der Waals surface area contributed by atoms with Crippen LogP contribution in [0.4, 0.5) is 5.69 Å². The third-order valence-corrected chi connectivity index (χ3v) is 3.42. The van der Waals surface area contributed by atoms with Crippen LogP contribution in [0, 0.1) is 0 Å². The number of nitrogens with two attached hydrogens (primary N) is 1. The smallest absolute Gasteiger partial charge is 0.225 e. The fraction of sp³-hybridized carbons (Fsp3) is 0.462. The highest BCUT2D eigenvalue weighted by molar-refractivity contribution is 5.81. The average Bonchev–Trinajstić information content (AvgIpc) is 2.27. The molecule has 1 aliphatic rings. The molecule has 4 nitrogen and oxygen atoms in total. The van der Waals surface area contributed by atoms with Gasteiger partial charge in [0.15, 0.2) is 0 Å². The maximum absolute atomic E-state index is 11.9. The molecule has 92 valence electrons. The van der Waals surface area contributed by atoms with Gasteiger partial charge in [0, 0.05) is 5.69 Å². The van der Waals surface area contributed by atoms with Gasteiger partial charge in [-0.25, -0.2) is 0 Å². The summed E-state index contributed by atoms with van der Waals surface area (Å²) in [7, 11) is 0. The molecule has 1 aromatic carbocycles. The molecule has 0 aliphatic heterocycles. The molecule has 1 saturated carbocycles. The van der Waals surface area contributed by atoms with E-state index in [0.29, 0.717) is 5.69 Å². The van der Waals surface area contributed by atoms with Crippen molar-refractivity contribution >= 4 is 11.6 Å². The van der Waals surface area contributed by atoms with Gasteiger partial charge in [-0.3, -0.25) is 4.79 Å². The van der Waals surface area contributed by atoms with Crippen molar-refractivity contribution < 1.29 is 9.90 Å². The Morgan fingerprint density at radius 1 is 1.41 bits per heavy atom. The topological polar surface area (TPSA) is 75.4 Å². The highest BCUT2D eigenvalue weighted by Crippen LogP contribution is 2.31. The molecule has 1 fully saturated rings. The van der Waals surface area contributed by atoms with E-state index in [0.717, 1.165) is 24.8 Å². The number of carbonyl (C=O) groups excluding carboxylic acids is 1. The van der Waals surface area contributed by atoms with Gasteiger partial charge in [0.2, 0.25) is 5.91 Å². The number of nitrogens with one attached hydrogen (secondary N) is 1. The molecule has 2 rings (SSSR count). The molecule has 17 heavy (non-hydrogen) atoms. The van der Waals surface area contributed by atoms with Crippen molar-refractivity contribution in [3.05, 3.63) is 29.8 Å². The summed E-state index contributed by atoms with van der Waals surface area (Å²) >= 11 is 0. The Morgan fingerprint density at radius 3 is 2.65 bits per heavy atom. The van der Waals surface area contributed by atoms with Crippen LogP contribution in [0.3, 0.4) is 0 Å². The molecule has 4 heteroatoms. The molecule has 4 N–H and O–H groups in total. The first kappa shape index (κ1) is 11.9. The van der Waals surface area contributed by atoms with Crippen LogP contribution in [-0.2, 0) is 11.2 Å². The third kappa shape index (κ3) is 2.58. The molecule has 0 atom stereocenters. The van der Waals surface area contributed by atoms with E-state index in [9.17, 15) is 9.90 Å². The molecule has 0 heterocycles. The Labute approximate surface area is 101 Å². The summed E-state index contributed by atoms with van der Waals surface area (Å²) in [5.74, 6) is -0.0725. The minimum atomic E-state index is -0.374. The van der Waals surface area contributed by atoms with Gasteiger partial charge in [-0.05, 0) is 30.9 Å². The Morgan fingerprint density at radius 2 is 2.12 bits per heavy atom. The van der Waals surface area contributed by atoms with Crippen molar-refractivity contribution in [2.45, 2.75) is 31.2 Å². The lowest BCUT2D eigenvalue weighted by atomic mass is 9.77. The molecule has 0 bridgehead atoms. The van der Waals surface area contributed by atoms with Gasteiger partial charge >= 0.3 is 0 Å². The number of aliphatic hydroxyl groups excluding tert-OH is 1. The Balaban J connectivity index is 1.96. The lowest BCUT2D eigenvalue weighted by Gasteiger charge is -2.41. The van der Waals surface area contributed by atoms with Gasteiger partial charge in [0.25, 0.3) is 0 Å². The Hall–Kier alpha value is -1.55. The third-order valence-electron chi connectivity index (χ3n) is 3.42. The van der Waals surface area contributed by atoms with E-state index in [1.54, 1.807) is 6.07 Å². The number of rotatable bonds is 4. The molecular weight excluding hydrogens is 216 g/mol. The standard InChI is InChI=1S/C13H18N2O2/c14-11-5-2-1-4-10(11)8-12(17)15-13(9-16)6-3-7-13/h1-2,4-5,16H,3,6-9,14H2,(H,15,17). The normalized spacial score (nSPS) is 17.2. The summed E-state index contributed by atoms with van der Waals surface area (Å²) < 4.78 is 0. The number of nitrogen functional groups attached to an aromatic ring is 1. The summed E-state index contributed by atoms with van der Waals surface area (Å²) in [6.45, 7) is 0.0169. The van der Waals surface area contributed by atoms with Crippen LogP contribution in [0.25, 0.3) is 0 Å². The number of carbonyl (C=O) groups is 1. The number of para-hydroxylation sites is 1. The predicted octanol–water partition coefficient (Wildman–Crippen LogP) is 0.842. The molecule has 1 aromatic rings. The highest BCUT2D eigenvalue weighted by Gasteiger charge is 2.37. The summed E-state index contributed by atoms with van der Waals surface area (Å²) in [5, 5.41) is 12.2. The molecule has 1 amide bonds. The van der Waals surface area contributed by atoms with E-state index in [2.05, 4.69) is 5.32 Å². The quantitative estimate of drug-likeness (QED) is 0.676. The van der Waals surface area contributed by atoms with E-state index in [-0.39, 0.29) is 24.5 Å². The fourth-order valence-electron chi connectivity index (χ4n) is 2.13. The molecular formula is C13H18N2O2. The highest BCUT2D eigenvalue weighted by atomic mass is 16.3. The fourth-order valence-corrected chi connectivity index (χ4v) is 2.13. The SMILES string of the molecule is Nc1ccccc1CC(=O)NC1(CO)CCC1. The maximum atomic E-state index is 11.9. The van der Waals surface area contributed by atoms with Gasteiger partial charge in [-0.1, -0.05) is 18.2 Å². The number of hydrogen-bond donors (Lipinski definition) is 3. The molecule has 1 aliphatic carbocycles. The average molecular weight is 234 g/mol. The van der Waals surface area contributed by atoms with Crippen LogP contribution in [0.5, 0.6) is 0 Å². The van der Waals surface area contributed by atoms with E-state index in [1.165, 1.54) is 0 Å². The van der Waals surface area contributed by atoms with Crippen molar-refractivity contribution in [2.75, 3.05) is 12.3 Å². The van der Waals surface area contributed by atoms with Gasteiger partial charge in [-0.15, -0.1) is 0 Å². The van der Waals surface area contributed by atoms with E-state index >= 15 is 0 Å². The second-order valence-electron chi connectivity index (χ2n) is 4.72. The largest absolute Gasteiger partial charge is 0.398 e. The van der Waals surface area contributed by atoms with Gasteiger partial charge < -0.3 is 16.2 Å². The number of amides is 1. The van der Waals surface area contributed by atoms with Crippen molar-refractivity contribution in [2.24, 2.45) is 0 Å². The van der Waals surface area contributed by atoms with Crippen molar-refractivity contribution in [3.8, 4) is 0 Å². The summed E-state index contributed by atoms with van der Waals surface area (Å²) in [5.41, 5.74) is 6.87. The molecule has 0 spiro atoms. The number of benzene rings is 1. The Kier molecular flexibility index (Phi) is 3.33. The van der Waals surface area contributed by atoms with Gasteiger partial charge in [-0.2, -0.15) is 0 Å². The van der Waals surface area contributed by atoms with E-state index in [4.69, 9.17) is 5.73 Å². The second-order valence-corrected chi connectivity index (χ2v) is 4.72.